The highest BCUT2D eigenvalue weighted by Crippen LogP contribution is 2.37. The zero-order valence-electron chi connectivity index (χ0n) is 24.4. The van der Waals surface area contributed by atoms with Gasteiger partial charge in [0.2, 0.25) is 5.56 Å². The molecular formula is C30H36F4N6O3. The summed E-state index contributed by atoms with van der Waals surface area (Å²) in [5, 5.41) is 2.58. The number of urea groups is 1. The minimum Gasteiger partial charge on any atom is -0.367 e. The quantitative estimate of drug-likeness (QED) is 0.498. The van der Waals surface area contributed by atoms with Gasteiger partial charge in [-0.15, -0.1) is 0 Å². The first kappa shape index (κ1) is 30.6. The van der Waals surface area contributed by atoms with Crippen molar-refractivity contribution in [1.82, 2.24) is 19.7 Å². The molecule has 0 unspecified atom stereocenters. The Morgan fingerprint density at radius 3 is 2.33 bits per heavy atom. The van der Waals surface area contributed by atoms with Gasteiger partial charge >= 0.3 is 12.2 Å². The van der Waals surface area contributed by atoms with Crippen molar-refractivity contribution < 1.29 is 27.2 Å². The number of halogens is 4. The van der Waals surface area contributed by atoms with Crippen LogP contribution in [0.5, 0.6) is 0 Å². The van der Waals surface area contributed by atoms with Crippen LogP contribution in [-0.2, 0) is 6.18 Å². The fourth-order valence-electron chi connectivity index (χ4n) is 6.07. The highest BCUT2D eigenvalue weighted by Gasteiger charge is 2.37. The van der Waals surface area contributed by atoms with E-state index in [9.17, 15) is 27.6 Å². The molecule has 2 aromatic rings. The van der Waals surface area contributed by atoms with Crippen molar-refractivity contribution in [2.75, 3.05) is 56.5 Å². The van der Waals surface area contributed by atoms with Gasteiger partial charge in [0.05, 0.1) is 22.5 Å². The standard InChI is InChI=1S/C30H36F4N6O3/c1-18-15-40(16-19(2)37(18)3)26-13-24(31)21(20-7-6-10-39(17-20)29(43)38-8-4-5-9-38)11-25(26)36-28(42)22-14-35-27(41)12-23(22)30(32,33)34/h7,11-14,18-19H,4-6,8-10,15-17H2,1-3H3,(H,35,41)(H,36,42)/t18-,19+. The highest BCUT2D eigenvalue weighted by atomic mass is 19.4. The molecule has 0 radical (unpaired) electrons. The number of aromatic amines is 1. The van der Waals surface area contributed by atoms with E-state index in [1.165, 1.54) is 12.1 Å². The van der Waals surface area contributed by atoms with E-state index in [1.807, 2.05) is 31.9 Å². The minimum absolute atomic E-state index is 0.0808. The first-order chi connectivity index (χ1) is 20.3. The normalized spacial score (nSPS) is 21.7. The SMILES string of the molecule is C[C@@H]1CN(c2cc(F)c(C3=CCCN(C(=O)N4CCCC4)C3)cc2NC(=O)c2c[nH]c(=O)cc2C(F)(F)F)C[C@H](C)N1C. The van der Waals surface area contributed by atoms with Gasteiger partial charge in [-0.2, -0.15) is 13.2 Å². The third-order valence-electron chi connectivity index (χ3n) is 8.65. The van der Waals surface area contributed by atoms with Gasteiger partial charge in [-0.3, -0.25) is 14.5 Å². The van der Waals surface area contributed by atoms with E-state index in [-0.39, 0.29) is 35.9 Å². The second kappa shape index (κ2) is 12.0. The fraction of sp³-hybridized carbons (Fsp3) is 0.500. The molecule has 232 valence electrons. The van der Waals surface area contributed by atoms with E-state index in [1.54, 1.807) is 9.80 Å². The van der Waals surface area contributed by atoms with E-state index in [0.29, 0.717) is 56.5 Å². The van der Waals surface area contributed by atoms with Crippen molar-refractivity contribution in [2.24, 2.45) is 0 Å². The van der Waals surface area contributed by atoms with Gasteiger partial charge in [-0.25, -0.2) is 9.18 Å². The number of aromatic nitrogens is 1. The lowest BCUT2D eigenvalue weighted by Crippen LogP contribution is -2.55. The van der Waals surface area contributed by atoms with E-state index in [4.69, 9.17) is 0 Å². The number of hydrogen-bond donors (Lipinski definition) is 2. The van der Waals surface area contributed by atoms with Crippen molar-refractivity contribution in [1.29, 1.82) is 0 Å². The molecule has 3 amide bonds. The number of pyridine rings is 1. The molecule has 4 heterocycles. The lowest BCUT2D eigenvalue weighted by atomic mass is 9.98. The molecule has 0 aliphatic carbocycles. The number of amides is 3. The van der Waals surface area contributed by atoms with Gasteiger partial charge in [0.15, 0.2) is 0 Å². The Bertz CT molecular complexity index is 1470. The number of benzene rings is 1. The largest absolute Gasteiger partial charge is 0.417 e. The Morgan fingerprint density at radius 1 is 1.00 bits per heavy atom. The zero-order chi connectivity index (χ0) is 31.1. The molecule has 2 fully saturated rings. The molecule has 9 nitrogen and oxygen atoms in total. The van der Waals surface area contributed by atoms with Gasteiger partial charge in [0.25, 0.3) is 5.91 Å². The Labute approximate surface area is 247 Å². The van der Waals surface area contributed by atoms with Crippen LogP contribution in [0.4, 0.5) is 33.7 Å². The Kier molecular flexibility index (Phi) is 8.55. The minimum atomic E-state index is -4.95. The van der Waals surface area contributed by atoms with Crippen LogP contribution >= 0.6 is 0 Å². The number of likely N-dealkylation sites (N-methyl/N-ethyl adjacent to an activating group) is 1. The number of anilines is 2. The lowest BCUT2D eigenvalue weighted by molar-refractivity contribution is -0.138. The van der Waals surface area contributed by atoms with E-state index >= 15 is 4.39 Å². The second-order valence-electron chi connectivity index (χ2n) is 11.6. The average Bonchev–Trinajstić information content (AvgIpc) is 3.50. The average molecular weight is 605 g/mol. The Balaban J connectivity index is 1.52. The molecule has 0 bridgehead atoms. The first-order valence-electron chi connectivity index (χ1n) is 14.5. The highest BCUT2D eigenvalue weighted by molar-refractivity contribution is 6.07. The number of hydrogen-bond acceptors (Lipinski definition) is 5. The van der Waals surface area contributed by atoms with Gasteiger partial charge < -0.3 is 25.0 Å². The molecule has 5 rings (SSSR count). The summed E-state index contributed by atoms with van der Waals surface area (Å²) in [6.45, 7) is 7.04. The van der Waals surface area contributed by atoms with E-state index in [2.05, 4.69) is 15.2 Å². The first-order valence-corrected chi connectivity index (χ1v) is 14.5. The van der Waals surface area contributed by atoms with Crippen LogP contribution in [0.1, 0.15) is 54.6 Å². The molecule has 2 N–H and O–H groups in total. The molecule has 2 saturated heterocycles. The Hall–Kier alpha value is -3.87. The fourth-order valence-corrected chi connectivity index (χ4v) is 6.07. The summed E-state index contributed by atoms with van der Waals surface area (Å²) in [6, 6.07) is 3.13. The van der Waals surface area contributed by atoms with Crippen LogP contribution in [0.3, 0.4) is 0 Å². The van der Waals surface area contributed by atoms with Gasteiger partial charge in [-0.1, -0.05) is 6.08 Å². The van der Waals surface area contributed by atoms with Crippen molar-refractivity contribution >= 4 is 28.9 Å². The molecule has 0 saturated carbocycles. The summed E-state index contributed by atoms with van der Waals surface area (Å²) in [4.78, 5) is 47.7. The number of rotatable bonds is 4. The van der Waals surface area contributed by atoms with E-state index in [0.717, 1.165) is 19.0 Å². The maximum atomic E-state index is 15.9. The zero-order valence-corrected chi connectivity index (χ0v) is 24.4. The molecule has 3 aliphatic rings. The van der Waals surface area contributed by atoms with Crippen molar-refractivity contribution in [2.45, 2.75) is 51.4 Å². The third kappa shape index (κ3) is 6.41. The number of nitrogens with one attached hydrogen (secondary N) is 2. The molecule has 3 aliphatic heterocycles. The van der Waals surface area contributed by atoms with Crippen molar-refractivity contribution in [3.8, 4) is 0 Å². The maximum Gasteiger partial charge on any atom is 0.417 e. The number of nitrogens with zero attached hydrogens (tertiary/aromatic N) is 4. The van der Waals surface area contributed by atoms with E-state index < -0.39 is 34.6 Å². The Morgan fingerprint density at radius 2 is 1.67 bits per heavy atom. The summed E-state index contributed by atoms with van der Waals surface area (Å²) in [6.07, 6.45) is 0.0275. The molecule has 13 heteroatoms. The number of carbonyl (C=O) groups excluding carboxylic acids is 2. The maximum absolute atomic E-state index is 15.9. The van der Waals surface area contributed by atoms with Crippen LogP contribution in [0, 0.1) is 5.82 Å². The molecule has 2 atom stereocenters. The molecule has 1 aromatic carbocycles. The van der Waals surface area contributed by atoms with Crippen molar-refractivity contribution in [3.63, 3.8) is 0 Å². The summed E-state index contributed by atoms with van der Waals surface area (Å²) in [7, 11) is 1.98. The second-order valence-corrected chi connectivity index (χ2v) is 11.6. The van der Waals surface area contributed by atoms with Gasteiger partial charge in [0.1, 0.15) is 5.82 Å². The monoisotopic (exact) mass is 604 g/mol. The molecular weight excluding hydrogens is 568 g/mol. The molecule has 1 aromatic heterocycles. The molecule has 43 heavy (non-hydrogen) atoms. The van der Waals surface area contributed by atoms with Crippen LogP contribution < -0.4 is 15.8 Å². The number of alkyl halides is 3. The van der Waals surface area contributed by atoms with Crippen LogP contribution in [0.2, 0.25) is 0 Å². The van der Waals surface area contributed by atoms with Crippen LogP contribution in [-0.4, -0.2) is 90.0 Å². The predicted molar refractivity (Wildman–Crippen MR) is 156 cm³/mol. The van der Waals surface area contributed by atoms with Crippen molar-refractivity contribution in [3.05, 3.63) is 63.3 Å². The predicted octanol–water partition coefficient (Wildman–Crippen LogP) is 4.62. The lowest BCUT2D eigenvalue weighted by Gasteiger charge is -2.44. The van der Waals surface area contributed by atoms with Crippen LogP contribution in [0.25, 0.3) is 5.57 Å². The summed E-state index contributed by atoms with van der Waals surface area (Å²) in [5.74, 6) is -1.66. The summed E-state index contributed by atoms with van der Waals surface area (Å²) in [5.41, 5.74) is -1.95. The summed E-state index contributed by atoms with van der Waals surface area (Å²) >= 11 is 0. The van der Waals surface area contributed by atoms with Crippen LogP contribution in [0.15, 0.2) is 35.3 Å². The third-order valence-corrected chi connectivity index (χ3v) is 8.65. The number of piperazine rings is 1. The van der Waals surface area contributed by atoms with Gasteiger partial charge in [-0.05, 0) is 57.9 Å². The smallest absolute Gasteiger partial charge is 0.367 e. The summed E-state index contributed by atoms with van der Waals surface area (Å²) < 4.78 is 57.2. The molecule has 0 spiro atoms. The number of carbonyl (C=O) groups is 2. The van der Waals surface area contributed by atoms with Gasteiger partial charge in [0, 0.05) is 69.2 Å². The number of likely N-dealkylation sites (tertiary alicyclic amines) is 1. The topological polar surface area (TPSA) is 92.0 Å². The number of H-pyrrole nitrogens is 1.